The first-order valence-electron chi connectivity index (χ1n) is 12.9. The molecular weight excluding hydrogens is 714 g/mol. The van der Waals surface area contributed by atoms with E-state index in [1.165, 1.54) is 24.3 Å². The van der Waals surface area contributed by atoms with E-state index in [0.717, 1.165) is 10.6 Å². The fourth-order valence-corrected chi connectivity index (χ4v) is 13.2. The summed E-state index contributed by atoms with van der Waals surface area (Å²) in [6.07, 6.45) is -8.52. The Balaban J connectivity index is 0.000000712. The van der Waals surface area contributed by atoms with E-state index in [0.29, 0.717) is 0 Å². The number of benzene rings is 2. The molecule has 0 amide bonds. The Labute approximate surface area is 262 Å². The standard InChI is InChI=1S/2C15H22F3P.2ClH.Pd/c2*1-13(2,3)19(14(4,5)6)12-9-7-11(8-10-12)15(16,17)18;;;/h2*7-10H,1-6H3;2*1H;/q;;;;+2/p-2. The molecule has 0 bridgehead atoms. The molecule has 0 aliphatic heterocycles. The van der Waals surface area contributed by atoms with E-state index in [-0.39, 0.29) is 36.6 Å². The second kappa shape index (κ2) is 15.4. The van der Waals surface area contributed by atoms with Crippen molar-refractivity contribution in [2.24, 2.45) is 0 Å². The van der Waals surface area contributed by atoms with Crippen LogP contribution in [0.5, 0.6) is 0 Å². The molecule has 0 fully saturated rings. The predicted molar refractivity (Wildman–Crippen MR) is 167 cm³/mol. The molecule has 41 heavy (non-hydrogen) atoms. The number of halogens is 8. The van der Waals surface area contributed by atoms with E-state index in [9.17, 15) is 26.3 Å². The summed E-state index contributed by atoms with van der Waals surface area (Å²) in [6, 6.07) is 11.4. The van der Waals surface area contributed by atoms with Crippen molar-refractivity contribution in [3.05, 3.63) is 59.7 Å². The second-order valence-electron chi connectivity index (χ2n) is 13.5. The molecule has 0 aromatic heterocycles. The first kappa shape index (κ1) is 41.1. The fraction of sp³-hybridized carbons (Fsp3) is 0.600. The first-order chi connectivity index (χ1) is 18.1. The van der Waals surface area contributed by atoms with Crippen LogP contribution >= 0.6 is 34.9 Å². The van der Waals surface area contributed by atoms with E-state index >= 15 is 0 Å². The normalized spacial score (nSPS) is 13.5. The van der Waals surface area contributed by atoms with Crippen LogP contribution in [0.4, 0.5) is 26.3 Å². The maximum atomic E-state index is 12.6. The van der Waals surface area contributed by atoms with Crippen LogP contribution in [0.1, 0.15) is 94.2 Å². The van der Waals surface area contributed by atoms with Gasteiger partial charge in [0.05, 0.1) is 11.1 Å². The van der Waals surface area contributed by atoms with E-state index in [2.05, 4.69) is 83.1 Å². The molecule has 0 spiro atoms. The van der Waals surface area contributed by atoms with Crippen LogP contribution in [-0.2, 0) is 28.3 Å². The molecule has 2 aromatic rings. The summed E-state index contributed by atoms with van der Waals surface area (Å²) in [5.74, 6) is 0. The average Bonchev–Trinajstić information content (AvgIpc) is 2.70. The zero-order valence-corrected chi connectivity index (χ0v) is 30.7. The zero-order chi connectivity index (χ0) is 32.8. The molecule has 0 saturated heterocycles. The zero-order valence-electron chi connectivity index (χ0n) is 25.9. The average molecular weight is 758 g/mol. The molecule has 0 radical (unpaired) electrons. The SMILES string of the molecule is CC(C)(C)P(c1ccc(C(F)(F)F)cc1)C(C)(C)C.CC(C)(C)P(c1ccc(C(F)(F)F)cc1)C(C)(C)C.[Cl][Pd][Cl]. The third-order valence-electron chi connectivity index (χ3n) is 5.59. The topological polar surface area (TPSA) is 0 Å². The van der Waals surface area contributed by atoms with Crippen molar-refractivity contribution in [3.8, 4) is 0 Å². The van der Waals surface area contributed by atoms with Crippen LogP contribution in [0.25, 0.3) is 0 Å². The summed E-state index contributed by atoms with van der Waals surface area (Å²) in [6.45, 7) is 25.9. The molecular formula is C30H44Cl2F6P2Pd. The van der Waals surface area contributed by atoms with E-state index < -0.39 is 39.3 Å². The van der Waals surface area contributed by atoms with Crippen molar-refractivity contribution in [2.45, 2.75) is 116 Å². The van der Waals surface area contributed by atoms with Crippen molar-refractivity contribution in [2.75, 3.05) is 0 Å². The van der Waals surface area contributed by atoms with Crippen molar-refractivity contribution >= 4 is 45.5 Å². The van der Waals surface area contributed by atoms with Crippen LogP contribution < -0.4 is 10.6 Å². The molecule has 0 atom stereocenters. The van der Waals surface area contributed by atoms with Crippen molar-refractivity contribution in [1.29, 1.82) is 0 Å². The van der Waals surface area contributed by atoms with E-state index in [1.54, 1.807) is 24.3 Å². The molecule has 0 unspecified atom stereocenters. The summed E-state index contributed by atoms with van der Waals surface area (Å²) in [5, 5.41) is 2.31. The Morgan fingerprint density at radius 2 is 0.610 bits per heavy atom. The van der Waals surface area contributed by atoms with Crippen LogP contribution in [0.2, 0.25) is 0 Å². The predicted octanol–water partition coefficient (Wildman–Crippen LogP) is 12.2. The van der Waals surface area contributed by atoms with Gasteiger partial charge in [-0.05, 0) is 55.5 Å². The van der Waals surface area contributed by atoms with Crippen molar-refractivity contribution in [1.82, 2.24) is 0 Å². The molecule has 0 aliphatic rings. The number of hydrogen-bond donors (Lipinski definition) is 0. The monoisotopic (exact) mass is 756 g/mol. The van der Waals surface area contributed by atoms with Crippen LogP contribution in [0, 0.1) is 0 Å². The van der Waals surface area contributed by atoms with Gasteiger partial charge in [0.25, 0.3) is 0 Å². The van der Waals surface area contributed by atoms with Crippen LogP contribution in [0.15, 0.2) is 48.5 Å². The minimum absolute atomic E-state index is 0.0628. The van der Waals surface area contributed by atoms with Gasteiger partial charge in [-0.25, -0.2) is 0 Å². The third kappa shape index (κ3) is 14.2. The Hall–Kier alpha value is 0.122. The Kier molecular flexibility index (Phi) is 15.5. The Bertz CT molecular complexity index is 929. The van der Waals surface area contributed by atoms with Crippen LogP contribution in [-0.4, -0.2) is 20.6 Å². The molecule has 0 N–H and O–H groups in total. The number of rotatable bonds is 2. The van der Waals surface area contributed by atoms with E-state index in [4.69, 9.17) is 19.1 Å². The number of hydrogen-bond acceptors (Lipinski definition) is 0. The summed E-state index contributed by atoms with van der Waals surface area (Å²) < 4.78 is 75.6. The van der Waals surface area contributed by atoms with Gasteiger partial charge in [0, 0.05) is 0 Å². The number of alkyl halides is 6. The van der Waals surface area contributed by atoms with Crippen molar-refractivity contribution in [3.63, 3.8) is 0 Å². The second-order valence-corrected chi connectivity index (χ2v) is 23.6. The van der Waals surface area contributed by atoms with E-state index in [1.807, 2.05) is 0 Å². The molecule has 0 saturated carbocycles. The van der Waals surface area contributed by atoms with Gasteiger partial charge >= 0.3 is 47.4 Å². The molecule has 2 aromatic carbocycles. The molecule has 0 nitrogen and oxygen atoms in total. The Morgan fingerprint density at radius 1 is 0.439 bits per heavy atom. The fourth-order valence-electron chi connectivity index (χ4n) is 5.16. The van der Waals surface area contributed by atoms with Gasteiger partial charge < -0.3 is 0 Å². The maximum absolute atomic E-state index is 12.6. The molecule has 11 heteroatoms. The quantitative estimate of drug-likeness (QED) is 0.163. The molecule has 0 heterocycles. The first-order valence-corrected chi connectivity index (χ1v) is 19.5. The van der Waals surface area contributed by atoms with Gasteiger partial charge in [-0.3, -0.25) is 0 Å². The van der Waals surface area contributed by atoms with Gasteiger partial charge in [0.15, 0.2) is 0 Å². The van der Waals surface area contributed by atoms with Crippen LogP contribution in [0.3, 0.4) is 0 Å². The van der Waals surface area contributed by atoms with Gasteiger partial charge in [-0.1, -0.05) is 123 Å². The van der Waals surface area contributed by atoms with Gasteiger partial charge in [0.1, 0.15) is 0 Å². The Morgan fingerprint density at radius 3 is 0.732 bits per heavy atom. The summed E-state index contributed by atoms with van der Waals surface area (Å²) in [4.78, 5) is 0. The molecule has 2 rings (SSSR count). The van der Waals surface area contributed by atoms with Gasteiger partial charge in [0.2, 0.25) is 0 Å². The summed E-state index contributed by atoms with van der Waals surface area (Å²) in [7, 11) is 8.52. The van der Waals surface area contributed by atoms with Crippen molar-refractivity contribution < 1.29 is 42.3 Å². The third-order valence-corrected chi connectivity index (χ3v) is 12.6. The molecule has 240 valence electrons. The van der Waals surface area contributed by atoms with Gasteiger partial charge in [-0.15, -0.1) is 0 Å². The van der Waals surface area contributed by atoms with Gasteiger partial charge in [-0.2, -0.15) is 26.3 Å². The minimum atomic E-state index is -4.26. The summed E-state index contributed by atoms with van der Waals surface area (Å²) in [5.41, 5.74) is -1.15. The summed E-state index contributed by atoms with van der Waals surface area (Å²) >= 11 is -0.106. The molecule has 0 aliphatic carbocycles.